The molecule has 1 aliphatic rings. The van der Waals surface area contributed by atoms with Gasteiger partial charge in [0.25, 0.3) is 0 Å². The maximum Gasteiger partial charge on any atom is 0.416 e. The maximum absolute atomic E-state index is 12.5. The molecule has 0 amide bonds. The van der Waals surface area contributed by atoms with Gasteiger partial charge in [-0.05, 0) is 0 Å². The van der Waals surface area contributed by atoms with Gasteiger partial charge in [0.1, 0.15) is 0 Å². The molecular weight excluding hydrogens is 501 g/mol. The van der Waals surface area contributed by atoms with Crippen molar-refractivity contribution in [1.82, 2.24) is 0 Å². The van der Waals surface area contributed by atoms with Crippen LogP contribution >= 0.6 is 0 Å². The van der Waals surface area contributed by atoms with E-state index in [1.807, 2.05) is 36.4 Å². The van der Waals surface area contributed by atoms with Crippen LogP contribution in [0.3, 0.4) is 0 Å². The fourth-order valence-corrected chi connectivity index (χ4v) is 3.40. The van der Waals surface area contributed by atoms with E-state index in [4.69, 9.17) is 0 Å². The van der Waals surface area contributed by atoms with Crippen LogP contribution in [0, 0.1) is 12.0 Å². The Bertz CT molecular complexity index is 1130. The average Bonchev–Trinajstić information content (AvgIpc) is 3.24. The van der Waals surface area contributed by atoms with Gasteiger partial charge in [-0.1, -0.05) is 62.6 Å². The van der Waals surface area contributed by atoms with E-state index in [1.165, 1.54) is 28.9 Å². The molecule has 3 aromatic carbocycles. The molecular formula is C27H29F3SiZr. The van der Waals surface area contributed by atoms with Crippen molar-refractivity contribution in [1.29, 1.82) is 0 Å². The van der Waals surface area contributed by atoms with Crippen molar-refractivity contribution in [2.24, 2.45) is 5.92 Å². The van der Waals surface area contributed by atoms with Crippen LogP contribution in [0.5, 0.6) is 0 Å². The van der Waals surface area contributed by atoms with Crippen molar-refractivity contribution in [3.05, 3.63) is 89.0 Å². The molecule has 0 saturated heterocycles. The van der Waals surface area contributed by atoms with Crippen LogP contribution in [0.2, 0.25) is 13.1 Å². The minimum Gasteiger partial charge on any atom is -0.166 e. The van der Waals surface area contributed by atoms with Crippen LogP contribution in [-0.2, 0) is 29.5 Å². The summed E-state index contributed by atoms with van der Waals surface area (Å²) in [6, 6.07) is 17.0. The van der Waals surface area contributed by atoms with E-state index in [9.17, 15) is 13.2 Å². The van der Waals surface area contributed by atoms with E-state index in [0.29, 0.717) is 5.92 Å². The van der Waals surface area contributed by atoms with Gasteiger partial charge in [-0.2, -0.15) is 24.3 Å². The summed E-state index contributed by atoms with van der Waals surface area (Å²) in [7, 11) is 0. The van der Waals surface area contributed by atoms with Crippen LogP contribution in [0.4, 0.5) is 13.2 Å². The molecule has 0 spiro atoms. The second kappa shape index (κ2) is 11.5. The minimum absolute atomic E-state index is 0.210. The molecule has 0 bridgehead atoms. The zero-order valence-electron chi connectivity index (χ0n) is 19.5. The van der Waals surface area contributed by atoms with E-state index >= 15 is 0 Å². The first-order valence-electron chi connectivity index (χ1n) is 10.5. The van der Waals surface area contributed by atoms with E-state index in [0.717, 1.165) is 34.0 Å². The Morgan fingerprint density at radius 3 is 1.97 bits per heavy atom. The molecule has 32 heavy (non-hydrogen) atoms. The van der Waals surface area contributed by atoms with Crippen LogP contribution < -0.4 is 0 Å². The second-order valence-corrected chi connectivity index (χ2v) is 17.6. The Morgan fingerprint density at radius 1 is 0.969 bits per heavy atom. The molecule has 5 heteroatoms. The van der Waals surface area contributed by atoms with Crippen molar-refractivity contribution >= 4 is 16.2 Å². The number of rotatable bonds is 1. The fraction of sp³-hybridized carbons (Fsp3) is 0.296. The number of benzene rings is 2. The number of hydrogen-bond donors (Lipinski definition) is 0. The van der Waals surface area contributed by atoms with Crippen molar-refractivity contribution in [3.8, 4) is 11.1 Å². The summed E-state index contributed by atoms with van der Waals surface area (Å²) in [5.41, 5.74) is 5.60. The summed E-state index contributed by atoms with van der Waals surface area (Å²) in [6.45, 7) is 13.3. The van der Waals surface area contributed by atoms with E-state index in [1.54, 1.807) is 23.3 Å². The smallest absolute Gasteiger partial charge is 0.166 e. The molecule has 0 nitrogen and oxygen atoms in total. The van der Waals surface area contributed by atoms with Gasteiger partial charge in [-0.15, -0.1) is 53.6 Å². The Morgan fingerprint density at radius 2 is 1.53 bits per heavy atom. The number of fused-ring (bicyclic) bond motifs is 1. The van der Waals surface area contributed by atoms with E-state index in [2.05, 4.69) is 46.9 Å². The van der Waals surface area contributed by atoms with Crippen LogP contribution in [-0.4, -0.2) is 5.43 Å². The Labute approximate surface area is 205 Å². The SMILES string of the molecule is CC1=[C-]C(C)C(C)=C1C.C[Si](C)=[Zr+2].FC(F)(F)c1ccc(-c2c[cH-]c3ccccc23)cc1. The predicted octanol–water partition coefficient (Wildman–Crippen LogP) is 8.75. The molecule has 3 aromatic rings. The summed E-state index contributed by atoms with van der Waals surface area (Å²) in [5, 5.41) is 2.15. The molecule has 0 saturated carbocycles. The van der Waals surface area contributed by atoms with E-state index in [-0.39, 0.29) is 5.43 Å². The first-order valence-corrected chi connectivity index (χ1v) is 16.7. The predicted molar refractivity (Wildman–Crippen MR) is 127 cm³/mol. The number of allylic oxidation sites excluding steroid dienone is 4. The monoisotopic (exact) mass is 528 g/mol. The van der Waals surface area contributed by atoms with Crippen molar-refractivity contribution in [3.63, 3.8) is 0 Å². The molecule has 0 aromatic heterocycles. The fourth-order valence-electron chi connectivity index (χ4n) is 3.40. The largest absolute Gasteiger partial charge is 0.416 e. The third-order valence-corrected chi connectivity index (χ3v) is 5.44. The molecule has 0 radical (unpaired) electrons. The molecule has 4 rings (SSSR count). The van der Waals surface area contributed by atoms with Crippen molar-refractivity contribution in [2.75, 3.05) is 0 Å². The number of hydrogen-bond acceptors (Lipinski definition) is 0. The molecule has 166 valence electrons. The number of alkyl halides is 3. The second-order valence-electron chi connectivity index (χ2n) is 8.21. The van der Waals surface area contributed by atoms with Gasteiger partial charge in [-0.3, -0.25) is 6.08 Å². The van der Waals surface area contributed by atoms with Gasteiger partial charge in [0.05, 0.1) is 5.56 Å². The van der Waals surface area contributed by atoms with Gasteiger partial charge in [0.2, 0.25) is 0 Å². The average molecular weight is 530 g/mol. The van der Waals surface area contributed by atoms with Crippen LogP contribution in [0.15, 0.2) is 77.4 Å². The van der Waals surface area contributed by atoms with Crippen molar-refractivity contribution in [2.45, 2.75) is 47.0 Å². The topological polar surface area (TPSA) is 0 Å². The van der Waals surface area contributed by atoms with Crippen LogP contribution in [0.1, 0.15) is 33.3 Å². The molecule has 1 aliphatic carbocycles. The zero-order chi connectivity index (χ0) is 24.1. The van der Waals surface area contributed by atoms with Gasteiger partial charge in [-0.25, -0.2) is 5.57 Å². The summed E-state index contributed by atoms with van der Waals surface area (Å²) in [5.74, 6) is 0.560. The van der Waals surface area contributed by atoms with Crippen LogP contribution in [0.25, 0.3) is 21.9 Å². The third-order valence-electron chi connectivity index (χ3n) is 5.44. The van der Waals surface area contributed by atoms with Gasteiger partial charge in [0, 0.05) is 0 Å². The summed E-state index contributed by atoms with van der Waals surface area (Å²) in [6.07, 6.45) is -0.926. The first-order chi connectivity index (χ1) is 14.9. The van der Waals surface area contributed by atoms with Gasteiger partial charge in [0.15, 0.2) is 0 Å². The van der Waals surface area contributed by atoms with E-state index < -0.39 is 11.7 Å². The summed E-state index contributed by atoms with van der Waals surface area (Å²) < 4.78 is 37.5. The standard InChI is InChI=1S/C16H10F3.C9H13.C2H6Si.Zr/c17-16(18,19)13-8-5-12(6-9-13)15-10-7-11-3-1-2-4-14(11)15;1-6-5-7(2)9(4)8(6)3;1-3-2;/h1-10H;6H,1-4H3;1-2H3;/q2*-1;;+2. The molecule has 0 fully saturated rings. The molecule has 1 atom stereocenters. The molecule has 0 heterocycles. The van der Waals surface area contributed by atoms with Crippen molar-refractivity contribution < 1.29 is 36.5 Å². The quantitative estimate of drug-likeness (QED) is 0.218. The normalized spacial score (nSPS) is 15.6. The molecule has 0 N–H and O–H groups in total. The minimum atomic E-state index is -4.29. The summed E-state index contributed by atoms with van der Waals surface area (Å²) in [4.78, 5) is 0. The Hall–Kier alpha value is -1.58. The number of halogens is 3. The first kappa shape index (κ1) is 26.7. The van der Waals surface area contributed by atoms with Gasteiger partial charge >= 0.3 is 48.0 Å². The van der Waals surface area contributed by atoms with Gasteiger partial charge < -0.3 is 0 Å². The Balaban J connectivity index is 0.000000233. The molecule has 0 aliphatic heterocycles. The maximum atomic E-state index is 12.5. The Kier molecular flexibility index (Phi) is 9.60. The zero-order valence-corrected chi connectivity index (χ0v) is 22.9. The summed E-state index contributed by atoms with van der Waals surface area (Å²) >= 11 is 1.74. The third kappa shape index (κ3) is 7.22. The molecule has 1 unspecified atom stereocenters.